The van der Waals surface area contributed by atoms with Gasteiger partial charge in [0.15, 0.2) is 0 Å². The first kappa shape index (κ1) is 11.8. The van der Waals surface area contributed by atoms with E-state index in [9.17, 15) is 4.79 Å². The number of benzene rings is 1. The Hall–Kier alpha value is -1.31. The van der Waals surface area contributed by atoms with E-state index in [1.807, 2.05) is 24.3 Å². The molecule has 2 heteroatoms. The summed E-state index contributed by atoms with van der Waals surface area (Å²) in [6.45, 7) is 7.56. The third-order valence-corrected chi connectivity index (χ3v) is 2.82. The van der Waals surface area contributed by atoms with Crippen molar-refractivity contribution in [1.82, 2.24) is 0 Å². The van der Waals surface area contributed by atoms with Crippen LogP contribution in [0.15, 0.2) is 24.3 Å². The van der Waals surface area contributed by atoms with Gasteiger partial charge in [0.25, 0.3) is 0 Å². The number of hydrogen-bond acceptors (Lipinski definition) is 2. The molecule has 0 saturated heterocycles. The molecule has 1 atom stereocenters. The lowest BCUT2D eigenvalue weighted by molar-refractivity contribution is 0.112. The Morgan fingerprint density at radius 2 is 1.87 bits per heavy atom. The zero-order chi connectivity index (χ0) is 11.3. The molecule has 0 amide bonds. The third kappa shape index (κ3) is 2.82. The molecule has 0 spiro atoms. The van der Waals surface area contributed by atoms with Gasteiger partial charge < -0.3 is 4.90 Å². The van der Waals surface area contributed by atoms with Crippen LogP contribution in [0, 0.1) is 0 Å². The molecule has 0 N–H and O–H groups in total. The number of hydrogen-bond donors (Lipinski definition) is 0. The van der Waals surface area contributed by atoms with E-state index in [-0.39, 0.29) is 0 Å². The highest BCUT2D eigenvalue weighted by Gasteiger charge is 2.10. The van der Waals surface area contributed by atoms with E-state index in [1.165, 1.54) is 5.69 Å². The van der Waals surface area contributed by atoms with Crippen molar-refractivity contribution < 1.29 is 4.79 Å². The largest absolute Gasteiger partial charge is 0.369 e. The molecule has 1 unspecified atom stereocenters. The molecule has 0 saturated carbocycles. The summed E-state index contributed by atoms with van der Waals surface area (Å²) >= 11 is 0. The Labute approximate surface area is 91.9 Å². The van der Waals surface area contributed by atoms with Crippen molar-refractivity contribution in [3.8, 4) is 0 Å². The smallest absolute Gasteiger partial charge is 0.150 e. The Morgan fingerprint density at radius 3 is 2.27 bits per heavy atom. The van der Waals surface area contributed by atoms with Crippen LogP contribution in [0.2, 0.25) is 0 Å². The summed E-state index contributed by atoms with van der Waals surface area (Å²) in [5, 5.41) is 0. The summed E-state index contributed by atoms with van der Waals surface area (Å²) in [4.78, 5) is 12.9. The molecule has 0 aliphatic heterocycles. The minimum absolute atomic E-state index is 0.539. The summed E-state index contributed by atoms with van der Waals surface area (Å²) in [6.07, 6.45) is 2.01. The molecule has 0 bridgehead atoms. The van der Waals surface area contributed by atoms with Gasteiger partial charge in [-0.25, -0.2) is 0 Å². The van der Waals surface area contributed by atoms with Crippen LogP contribution in [-0.2, 0) is 0 Å². The fraction of sp³-hybridized carbons (Fsp3) is 0.462. The Balaban J connectivity index is 2.87. The van der Waals surface area contributed by atoms with E-state index in [1.54, 1.807) is 0 Å². The van der Waals surface area contributed by atoms with Crippen molar-refractivity contribution in [1.29, 1.82) is 0 Å². The van der Waals surface area contributed by atoms with E-state index in [2.05, 4.69) is 25.7 Å². The van der Waals surface area contributed by atoms with Crippen molar-refractivity contribution in [2.45, 2.75) is 33.2 Å². The molecular formula is C13H19NO. The second kappa shape index (κ2) is 5.54. The number of anilines is 1. The maximum atomic E-state index is 10.5. The molecule has 0 heterocycles. The summed E-state index contributed by atoms with van der Waals surface area (Å²) in [6, 6.07) is 8.30. The summed E-state index contributed by atoms with van der Waals surface area (Å²) < 4.78 is 0. The van der Waals surface area contributed by atoms with Crippen LogP contribution in [-0.4, -0.2) is 18.9 Å². The Kier molecular flexibility index (Phi) is 4.35. The lowest BCUT2D eigenvalue weighted by Gasteiger charge is -2.29. The predicted molar refractivity (Wildman–Crippen MR) is 64.6 cm³/mol. The molecule has 1 aromatic rings. The summed E-state index contributed by atoms with van der Waals surface area (Å²) in [7, 11) is 0. The van der Waals surface area contributed by atoms with Crippen LogP contribution >= 0.6 is 0 Å². The summed E-state index contributed by atoms with van der Waals surface area (Å²) in [5.74, 6) is 0. The molecule has 1 rings (SSSR count). The van der Waals surface area contributed by atoms with Gasteiger partial charge >= 0.3 is 0 Å². The van der Waals surface area contributed by atoms with Crippen LogP contribution in [0.3, 0.4) is 0 Å². The van der Waals surface area contributed by atoms with Crippen molar-refractivity contribution >= 4 is 12.0 Å². The standard InChI is InChI=1S/C13H19NO/c1-4-11(3)14(5-2)13-8-6-12(10-15)7-9-13/h6-11H,4-5H2,1-3H3. The highest BCUT2D eigenvalue weighted by molar-refractivity contribution is 5.75. The fourth-order valence-electron chi connectivity index (χ4n) is 1.71. The molecule has 82 valence electrons. The van der Waals surface area contributed by atoms with Crippen LogP contribution < -0.4 is 4.90 Å². The molecule has 0 radical (unpaired) electrons. The van der Waals surface area contributed by atoms with Gasteiger partial charge in [-0.15, -0.1) is 0 Å². The first-order valence-electron chi connectivity index (χ1n) is 5.54. The average Bonchev–Trinajstić information content (AvgIpc) is 2.30. The molecule has 0 aliphatic carbocycles. The van der Waals surface area contributed by atoms with Crippen molar-refractivity contribution in [2.24, 2.45) is 0 Å². The molecule has 0 aliphatic rings. The SMILES string of the molecule is CCC(C)N(CC)c1ccc(C=O)cc1. The van der Waals surface area contributed by atoms with Gasteiger partial charge in [-0.1, -0.05) is 6.92 Å². The molecular weight excluding hydrogens is 186 g/mol. The Morgan fingerprint density at radius 1 is 1.27 bits per heavy atom. The normalized spacial score (nSPS) is 12.2. The van der Waals surface area contributed by atoms with Gasteiger partial charge in [0.1, 0.15) is 6.29 Å². The van der Waals surface area contributed by atoms with Gasteiger partial charge in [0.2, 0.25) is 0 Å². The van der Waals surface area contributed by atoms with Gasteiger partial charge in [-0.3, -0.25) is 4.79 Å². The minimum atomic E-state index is 0.539. The van der Waals surface area contributed by atoms with Gasteiger partial charge in [-0.2, -0.15) is 0 Å². The van der Waals surface area contributed by atoms with E-state index >= 15 is 0 Å². The maximum Gasteiger partial charge on any atom is 0.150 e. The minimum Gasteiger partial charge on any atom is -0.369 e. The number of nitrogens with zero attached hydrogens (tertiary/aromatic N) is 1. The van der Waals surface area contributed by atoms with Crippen molar-refractivity contribution in [3.63, 3.8) is 0 Å². The lowest BCUT2D eigenvalue weighted by atomic mass is 10.1. The second-order valence-electron chi connectivity index (χ2n) is 3.75. The van der Waals surface area contributed by atoms with Gasteiger partial charge in [0.05, 0.1) is 0 Å². The summed E-state index contributed by atoms with van der Waals surface area (Å²) in [5.41, 5.74) is 1.93. The van der Waals surface area contributed by atoms with Crippen LogP contribution in [0.25, 0.3) is 0 Å². The zero-order valence-electron chi connectivity index (χ0n) is 9.73. The molecule has 15 heavy (non-hydrogen) atoms. The molecule has 2 nitrogen and oxygen atoms in total. The average molecular weight is 205 g/mol. The first-order valence-corrected chi connectivity index (χ1v) is 5.54. The zero-order valence-corrected chi connectivity index (χ0v) is 9.73. The Bertz CT molecular complexity index is 305. The number of carbonyl (C=O) groups is 1. The van der Waals surface area contributed by atoms with E-state index < -0.39 is 0 Å². The highest BCUT2D eigenvalue weighted by atomic mass is 16.1. The highest BCUT2D eigenvalue weighted by Crippen LogP contribution is 2.18. The van der Waals surface area contributed by atoms with Crippen molar-refractivity contribution in [2.75, 3.05) is 11.4 Å². The third-order valence-electron chi connectivity index (χ3n) is 2.82. The first-order chi connectivity index (χ1) is 7.22. The van der Waals surface area contributed by atoms with E-state index in [0.717, 1.165) is 24.8 Å². The van der Waals surface area contributed by atoms with Crippen LogP contribution in [0.5, 0.6) is 0 Å². The maximum absolute atomic E-state index is 10.5. The van der Waals surface area contributed by atoms with Crippen molar-refractivity contribution in [3.05, 3.63) is 29.8 Å². The predicted octanol–water partition coefficient (Wildman–Crippen LogP) is 3.12. The van der Waals surface area contributed by atoms with E-state index in [0.29, 0.717) is 6.04 Å². The monoisotopic (exact) mass is 205 g/mol. The van der Waals surface area contributed by atoms with Crippen LogP contribution in [0.1, 0.15) is 37.6 Å². The van der Waals surface area contributed by atoms with Crippen LogP contribution in [0.4, 0.5) is 5.69 Å². The number of carbonyl (C=O) groups excluding carboxylic acids is 1. The number of aldehydes is 1. The van der Waals surface area contributed by atoms with E-state index in [4.69, 9.17) is 0 Å². The quantitative estimate of drug-likeness (QED) is 0.688. The fourth-order valence-corrected chi connectivity index (χ4v) is 1.71. The van der Waals surface area contributed by atoms with Gasteiger partial charge in [0, 0.05) is 23.8 Å². The number of rotatable bonds is 5. The second-order valence-corrected chi connectivity index (χ2v) is 3.75. The molecule has 0 fully saturated rings. The molecule has 0 aromatic heterocycles. The topological polar surface area (TPSA) is 20.3 Å². The molecule has 1 aromatic carbocycles. The lowest BCUT2D eigenvalue weighted by Crippen LogP contribution is -2.32. The van der Waals surface area contributed by atoms with Gasteiger partial charge in [-0.05, 0) is 44.5 Å².